The number of aromatic hydroxyl groups is 1. The van der Waals surface area contributed by atoms with Crippen LogP contribution in [-0.4, -0.2) is 32.6 Å². The lowest BCUT2D eigenvalue weighted by atomic mass is 9.86. The number of carbonyl (C=O) groups excluding carboxylic acids is 3. The van der Waals surface area contributed by atoms with Crippen molar-refractivity contribution >= 4 is 52.2 Å². The van der Waals surface area contributed by atoms with Crippen LogP contribution in [0.15, 0.2) is 81.2 Å². The number of hydrogen-bond donors (Lipinski definition) is 2. The van der Waals surface area contributed by atoms with Gasteiger partial charge in [0.25, 0.3) is 0 Å². The topological polar surface area (TPSA) is 122 Å². The smallest absolute Gasteiger partial charge is 0.418 e. The summed E-state index contributed by atoms with van der Waals surface area (Å²) in [4.78, 5) is 53.8. The first-order valence-electron chi connectivity index (χ1n) is 12.1. The molecule has 14 heteroatoms. The van der Waals surface area contributed by atoms with Crippen molar-refractivity contribution in [3.63, 3.8) is 0 Å². The highest BCUT2D eigenvalue weighted by molar-refractivity contribution is 8.00. The summed E-state index contributed by atoms with van der Waals surface area (Å²) in [7, 11) is 0. The molecule has 4 aromatic rings. The number of amides is 3. The number of furan rings is 1. The lowest BCUT2D eigenvalue weighted by Crippen LogP contribution is -2.33. The second kappa shape index (κ2) is 9.96. The molecule has 2 N–H and O–H groups in total. The average molecular weight is 602 g/mol. The molecule has 2 unspecified atom stereocenters. The maximum atomic E-state index is 13.8. The maximum Gasteiger partial charge on any atom is 0.418 e. The number of rotatable bonds is 5. The molecule has 0 saturated carbocycles. The summed E-state index contributed by atoms with van der Waals surface area (Å²) in [6.07, 6.45) is -3.46. The van der Waals surface area contributed by atoms with Crippen LogP contribution < -0.4 is 15.1 Å². The van der Waals surface area contributed by atoms with Crippen LogP contribution in [0.25, 0.3) is 0 Å². The van der Waals surface area contributed by atoms with Crippen LogP contribution in [-0.2, 0) is 27.1 Å². The molecule has 6 rings (SSSR count). The number of benzene rings is 2. The van der Waals surface area contributed by atoms with E-state index in [-0.39, 0.29) is 16.5 Å². The molecule has 0 spiro atoms. The van der Waals surface area contributed by atoms with Crippen LogP contribution in [0.4, 0.5) is 24.5 Å². The fraction of sp³-hybridized carbons (Fsp3) is 0.185. The number of fused-ring (bicyclic) bond motifs is 2. The van der Waals surface area contributed by atoms with Gasteiger partial charge in [-0.05, 0) is 48.5 Å². The van der Waals surface area contributed by atoms with Crippen LogP contribution in [0, 0.1) is 5.92 Å². The molecular weight excluding hydrogens is 583 g/mol. The van der Waals surface area contributed by atoms with Crippen LogP contribution >= 0.6 is 23.1 Å². The summed E-state index contributed by atoms with van der Waals surface area (Å²) in [5, 5.41) is 11.2. The van der Waals surface area contributed by atoms with Gasteiger partial charge >= 0.3 is 11.0 Å². The molecule has 2 aliphatic rings. The quantitative estimate of drug-likeness (QED) is 0.252. The standard InChI is InChI=1S/C27H18F3N3O6S2/c28-27(29,30)15-4-1-2-5-16(15)33-23(36)20-19(17-6-3-11-39-17)22-25(40-21(20)24(33)37)32(26(38)41-22)12-18(35)31-13-7-9-14(34)10-8-13/h1-11,19-21,34H,12H2,(H,31,35)/t19-,20?,21?/m1/s1. The van der Waals surface area contributed by atoms with Crippen molar-refractivity contribution in [2.75, 3.05) is 10.2 Å². The van der Waals surface area contributed by atoms with Gasteiger partial charge in [0.15, 0.2) is 0 Å². The Morgan fingerprint density at radius 2 is 1.73 bits per heavy atom. The number of nitrogens with one attached hydrogen (secondary N) is 1. The summed E-state index contributed by atoms with van der Waals surface area (Å²) in [6.45, 7) is -0.427. The highest BCUT2D eigenvalue weighted by Crippen LogP contribution is 2.54. The third-order valence-corrected chi connectivity index (χ3v) is 9.41. The number of hydrogen-bond acceptors (Lipinski definition) is 8. The molecule has 2 aromatic heterocycles. The molecule has 0 radical (unpaired) electrons. The highest BCUT2D eigenvalue weighted by Gasteiger charge is 2.58. The van der Waals surface area contributed by atoms with Gasteiger partial charge in [-0.15, -0.1) is 0 Å². The molecule has 41 heavy (non-hydrogen) atoms. The van der Waals surface area contributed by atoms with Crippen molar-refractivity contribution in [1.82, 2.24) is 4.57 Å². The molecule has 0 aliphatic carbocycles. The third-order valence-electron chi connectivity index (χ3n) is 6.80. The third kappa shape index (κ3) is 4.62. The minimum atomic E-state index is -4.82. The molecule has 2 aromatic carbocycles. The van der Waals surface area contributed by atoms with Crippen molar-refractivity contribution in [2.24, 2.45) is 5.92 Å². The van der Waals surface area contributed by atoms with Gasteiger partial charge in [0.05, 0.1) is 39.3 Å². The van der Waals surface area contributed by atoms with Crippen molar-refractivity contribution in [3.05, 3.63) is 92.8 Å². The lowest BCUT2D eigenvalue weighted by molar-refractivity contribution is -0.137. The van der Waals surface area contributed by atoms with Crippen molar-refractivity contribution < 1.29 is 37.1 Å². The van der Waals surface area contributed by atoms with E-state index in [1.54, 1.807) is 12.1 Å². The Bertz CT molecular complexity index is 1730. The second-order valence-electron chi connectivity index (χ2n) is 9.30. The monoisotopic (exact) mass is 601 g/mol. The minimum absolute atomic E-state index is 0.00345. The Balaban J connectivity index is 1.40. The first-order valence-corrected chi connectivity index (χ1v) is 13.8. The Morgan fingerprint density at radius 1 is 1.00 bits per heavy atom. The van der Waals surface area contributed by atoms with E-state index < -0.39 is 63.7 Å². The lowest BCUT2D eigenvalue weighted by Gasteiger charge is -2.29. The minimum Gasteiger partial charge on any atom is -0.508 e. The number of phenols is 1. The number of alkyl halides is 3. The number of imide groups is 1. The normalized spacial score (nSPS) is 20.2. The number of aromatic nitrogens is 1. The maximum absolute atomic E-state index is 13.8. The number of anilines is 2. The first kappa shape index (κ1) is 26.9. The number of thiazole rings is 1. The molecule has 2 aliphatic heterocycles. The van der Waals surface area contributed by atoms with E-state index in [0.29, 0.717) is 15.5 Å². The molecule has 3 amide bonds. The van der Waals surface area contributed by atoms with E-state index in [1.165, 1.54) is 47.2 Å². The Morgan fingerprint density at radius 3 is 2.41 bits per heavy atom. The summed E-state index contributed by atoms with van der Waals surface area (Å²) in [5.74, 6) is -4.09. The Labute approximate surface area is 237 Å². The van der Waals surface area contributed by atoms with Crippen LogP contribution in [0.5, 0.6) is 5.75 Å². The first-order chi connectivity index (χ1) is 19.5. The molecule has 9 nitrogen and oxygen atoms in total. The number of carbonyl (C=O) groups is 3. The van der Waals surface area contributed by atoms with Gasteiger partial charge in [-0.3, -0.25) is 23.7 Å². The molecule has 210 valence electrons. The van der Waals surface area contributed by atoms with Crippen molar-refractivity contribution in [1.29, 1.82) is 0 Å². The fourth-order valence-corrected chi connectivity index (χ4v) is 7.82. The number of nitrogens with zero attached hydrogens (tertiary/aromatic N) is 2. The van der Waals surface area contributed by atoms with E-state index in [1.807, 2.05) is 0 Å². The highest BCUT2D eigenvalue weighted by atomic mass is 32.2. The Hall–Kier alpha value is -4.30. The van der Waals surface area contributed by atoms with E-state index in [0.717, 1.165) is 35.2 Å². The summed E-state index contributed by atoms with van der Waals surface area (Å²) in [5.41, 5.74) is -1.32. The van der Waals surface area contributed by atoms with Crippen molar-refractivity contribution in [2.45, 2.75) is 28.9 Å². The van der Waals surface area contributed by atoms with Crippen LogP contribution in [0.3, 0.4) is 0 Å². The van der Waals surface area contributed by atoms with Gasteiger partial charge in [0.1, 0.15) is 23.3 Å². The summed E-state index contributed by atoms with van der Waals surface area (Å²) >= 11 is 1.66. The molecule has 4 heterocycles. The zero-order valence-corrected chi connectivity index (χ0v) is 22.3. The molecule has 1 fully saturated rings. The zero-order valence-electron chi connectivity index (χ0n) is 20.6. The van der Waals surface area contributed by atoms with Crippen LogP contribution in [0.1, 0.15) is 22.1 Å². The van der Waals surface area contributed by atoms with Crippen LogP contribution in [0.2, 0.25) is 0 Å². The molecular formula is C27H18F3N3O6S2. The number of phenolic OH excluding ortho intramolecular Hbond substituents is 1. The predicted octanol–water partition coefficient (Wildman–Crippen LogP) is 4.66. The predicted molar refractivity (Wildman–Crippen MR) is 143 cm³/mol. The van der Waals surface area contributed by atoms with E-state index >= 15 is 0 Å². The van der Waals surface area contributed by atoms with Gasteiger partial charge in [0.2, 0.25) is 17.7 Å². The van der Waals surface area contributed by atoms with E-state index in [2.05, 4.69) is 5.32 Å². The zero-order chi connectivity index (χ0) is 29.1. The van der Waals surface area contributed by atoms with Crippen molar-refractivity contribution in [3.8, 4) is 5.75 Å². The average Bonchev–Trinajstić information content (AvgIpc) is 3.62. The molecule has 1 saturated heterocycles. The SMILES string of the molecule is O=C(Cn1c2c(sc1=O)[C@H](c1ccco1)C1C(=O)N(c3ccccc3C(F)(F)F)C(=O)C1S2)Nc1ccc(O)cc1. The van der Waals surface area contributed by atoms with E-state index in [9.17, 15) is 37.5 Å². The van der Waals surface area contributed by atoms with Gasteiger partial charge in [-0.2, -0.15) is 13.2 Å². The van der Waals surface area contributed by atoms with Gasteiger partial charge < -0.3 is 14.8 Å². The largest absolute Gasteiger partial charge is 0.508 e. The number of halogens is 3. The fourth-order valence-electron chi connectivity index (χ4n) is 5.06. The van der Waals surface area contributed by atoms with Gasteiger partial charge in [-0.25, -0.2) is 4.90 Å². The summed E-state index contributed by atoms with van der Waals surface area (Å²) in [6, 6.07) is 13.2. The number of thioether (sulfide) groups is 1. The molecule has 3 atom stereocenters. The number of para-hydroxylation sites is 1. The Kier molecular flexibility index (Phi) is 6.53. The molecule has 0 bridgehead atoms. The van der Waals surface area contributed by atoms with Gasteiger partial charge in [0, 0.05) is 5.69 Å². The van der Waals surface area contributed by atoms with Gasteiger partial charge in [-0.1, -0.05) is 35.2 Å². The second-order valence-corrected chi connectivity index (χ2v) is 11.4. The summed E-state index contributed by atoms with van der Waals surface area (Å²) < 4.78 is 48.3. The van der Waals surface area contributed by atoms with E-state index in [4.69, 9.17) is 4.42 Å².